The molecule has 0 saturated carbocycles. The van der Waals surface area contributed by atoms with Crippen molar-refractivity contribution < 1.29 is 9.53 Å². The highest BCUT2D eigenvalue weighted by atomic mass is 35.5. The van der Waals surface area contributed by atoms with Gasteiger partial charge in [0, 0.05) is 19.0 Å². The van der Waals surface area contributed by atoms with Crippen molar-refractivity contribution in [3.63, 3.8) is 0 Å². The van der Waals surface area contributed by atoms with Crippen molar-refractivity contribution in [1.82, 2.24) is 5.32 Å². The molecular formula is C11H20ClNO2. The largest absolute Gasteiger partial charge is 0.368 e. The van der Waals surface area contributed by atoms with E-state index in [0.717, 1.165) is 6.42 Å². The molecule has 1 N–H and O–H groups in total. The summed E-state index contributed by atoms with van der Waals surface area (Å²) in [4.78, 5) is 11.7. The Bertz CT molecular complexity index is 231. The summed E-state index contributed by atoms with van der Waals surface area (Å²) in [7, 11) is 0. The Morgan fingerprint density at radius 3 is 2.73 bits per heavy atom. The number of nitrogens with one attached hydrogen (secondary N) is 1. The maximum atomic E-state index is 11.7. The van der Waals surface area contributed by atoms with Gasteiger partial charge in [0.05, 0.1) is 0 Å². The van der Waals surface area contributed by atoms with Crippen LogP contribution in [0.4, 0.5) is 0 Å². The third-order valence-electron chi connectivity index (χ3n) is 2.75. The number of carbonyl (C=O) groups excluding carboxylic acids is 1. The summed E-state index contributed by atoms with van der Waals surface area (Å²) in [5.74, 6) is 0.858. The molecule has 1 aliphatic rings. The Hall–Kier alpha value is -0.280. The maximum Gasteiger partial charge on any atom is 0.249 e. The first kappa shape index (κ1) is 12.8. The van der Waals surface area contributed by atoms with Crippen molar-refractivity contribution in [3.8, 4) is 0 Å². The van der Waals surface area contributed by atoms with Gasteiger partial charge in [0.1, 0.15) is 6.10 Å². The highest BCUT2D eigenvalue weighted by Gasteiger charge is 2.31. The van der Waals surface area contributed by atoms with Gasteiger partial charge in [0.25, 0.3) is 0 Å². The molecule has 1 saturated heterocycles. The zero-order valence-electron chi connectivity index (χ0n) is 9.68. The van der Waals surface area contributed by atoms with E-state index in [4.69, 9.17) is 16.3 Å². The van der Waals surface area contributed by atoms with E-state index in [1.165, 1.54) is 0 Å². The lowest BCUT2D eigenvalue weighted by Crippen LogP contribution is -2.42. The quantitative estimate of drug-likeness (QED) is 0.752. The minimum Gasteiger partial charge on any atom is -0.368 e. The molecule has 4 heteroatoms. The summed E-state index contributed by atoms with van der Waals surface area (Å²) < 4.78 is 5.38. The van der Waals surface area contributed by atoms with Crippen LogP contribution in [0.5, 0.6) is 0 Å². The number of hydrogen-bond acceptors (Lipinski definition) is 2. The SMILES string of the molecule is CC1CCOC1C(=O)NCC(C)(C)CCl. The highest BCUT2D eigenvalue weighted by molar-refractivity contribution is 6.18. The summed E-state index contributed by atoms with van der Waals surface area (Å²) >= 11 is 5.78. The fourth-order valence-corrected chi connectivity index (χ4v) is 1.60. The van der Waals surface area contributed by atoms with Crippen LogP contribution in [-0.4, -0.2) is 31.0 Å². The second-order valence-electron chi connectivity index (χ2n) is 5.07. The van der Waals surface area contributed by atoms with Crippen LogP contribution in [0.1, 0.15) is 27.2 Å². The molecule has 3 nitrogen and oxygen atoms in total. The molecule has 0 bridgehead atoms. The van der Waals surface area contributed by atoms with Gasteiger partial charge in [-0.15, -0.1) is 11.6 Å². The zero-order chi connectivity index (χ0) is 11.5. The number of halogens is 1. The Kier molecular flexibility index (Phi) is 4.41. The third kappa shape index (κ3) is 3.65. The summed E-state index contributed by atoms with van der Waals surface area (Å²) in [6.45, 7) is 7.39. The lowest BCUT2D eigenvalue weighted by Gasteiger charge is -2.23. The van der Waals surface area contributed by atoms with Crippen molar-refractivity contribution in [3.05, 3.63) is 0 Å². The summed E-state index contributed by atoms with van der Waals surface area (Å²) in [6, 6.07) is 0. The standard InChI is InChI=1S/C11H20ClNO2/c1-8-4-5-15-9(8)10(14)13-7-11(2,3)6-12/h8-9H,4-7H2,1-3H3,(H,13,14). The number of ether oxygens (including phenoxy) is 1. The highest BCUT2D eigenvalue weighted by Crippen LogP contribution is 2.21. The van der Waals surface area contributed by atoms with Gasteiger partial charge in [-0.3, -0.25) is 4.79 Å². The lowest BCUT2D eigenvalue weighted by molar-refractivity contribution is -0.131. The predicted octanol–water partition coefficient (Wildman–Crippen LogP) is 1.79. The van der Waals surface area contributed by atoms with Crippen molar-refractivity contribution >= 4 is 17.5 Å². The average Bonchev–Trinajstić information content (AvgIpc) is 2.61. The second kappa shape index (κ2) is 5.17. The number of rotatable bonds is 4. The van der Waals surface area contributed by atoms with Gasteiger partial charge in [0.15, 0.2) is 0 Å². The summed E-state index contributed by atoms with van der Waals surface area (Å²) in [5, 5.41) is 2.90. The number of carbonyl (C=O) groups is 1. The zero-order valence-corrected chi connectivity index (χ0v) is 10.4. The van der Waals surface area contributed by atoms with Gasteiger partial charge >= 0.3 is 0 Å². The van der Waals surface area contributed by atoms with Gasteiger partial charge in [-0.2, -0.15) is 0 Å². The number of amides is 1. The van der Waals surface area contributed by atoms with Crippen LogP contribution in [0.15, 0.2) is 0 Å². The molecule has 1 rings (SSSR count). The van der Waals surface area contributed by atoms with E-state index in [-0.39, 0.29) is 17.4 Å². The fraction of sp³-hybridized carbons (Fsp3) is 0.909. The van der Waals surface area contributed by atoms with Crippen LogP contribution in [0, 0.1) is 11.3 Å². The van der Waals surface area contributed by atoms with Crippen LogP contribution >= 0.6 is 11.6 Å². The monoisotopic (exact) mass is 233 g/mol. The van der Waals surface area contributed by atoms with Gasteiger partial charge in [-0.05, 0) is 17.8 Å². The number of alkyl halides is 1. The average molecular weight is 234 g/mol. The molecule has 88 valence electrons. The topological polar surface area (TPSA) is 38.3 Å². The van der Waals surface area contributed by atoms with Crippen LogP contribution in [0.2, 0.25) is 0 Å². The first-order valence-electron chi connectivity index (χ1n) is 5.41. The van der Waals surface area contributed by atoms with Crippen molar-refractivity contribution in [2.45, 2.75) is 33.3 Å². The van der Waals surface area contributed by atoms with Gasteiger partial charge in [-0.1, -0.05) is 20.8 Å². The fourth-order valence-electron chi connectivity index (χ4n) is 1.50. The van der Waals surface area contributed by atoms with E-state index < -0.39 is 0 Å². The molecule has 0 aromatic carbocycles. The maximum absolute atomic E-state index is 11.7. The minimum atomic E-state index is -0.267. The first-order valence-corrected chi connectivity index (χ1v) is 5.95. The van der Waals surface area contributed by atoms with Gasteiger partial charge in [-0.25, -0.2) is 0 Å². The van der Waals surface area contributed by atoms with E-state index in [1.807, 2.05) is 20.8 Å². The van der Waals surface area contributed by atoms with Crippen molar-refractivity contribution in [2.75, 3.05) is 19.0 Å². The molecule has 0 spiro atoms. The van der Waals surface area contributed by atoms with Crippen LogP contribution in [0.25, 0.3) is 0 Å². The first-order chi connectivity index (χ1) is 6.96. The van der Waals surface area contributed by atoms with Gasteiger partial charge in [0.2, 0.25) is 5.91 Å². The van der Waals surface area contributed by atoms with Crippen molar-refractivity contribution in [1.29, 1.82) is 0 Å². The molecule has 1 amide bonds. The normalized spacial score (nSPS) is 26.7. The second-order valence-corrected chi connectivity index (χ2v) is 5.34. The molecule has 0 aromatic heterocycles. The third-order valence-corrected chi connectivity index (χ3v) is 3.47. The lowest BCUT2D eigenvalue weighted by atomic mass is 9.96. The molecule has 1 aliphatic heterocycles. The Morgan fingerprint density at radius 1 is 1.60 bits per heavy atom. The van der Waals surface area contributed by atoms with Gasteiger partial charge < -0.3 is 10.1 Å². The molecule has 2 unspecified atom stereocenters. The summed E-state index contributed by atoms with van der Waals surface area (Å²) in [6.07, 6.45) is 0.702. The Labute approximate surface area is 96.5 Å². The van der Waals surface area contributed by atoms with E-state index >= 15 is 0 Å². The Morgan fingerprint density at radius 2 is 2.27 bits per heavy atom. The summed E-state index contributed by atoms with van der Waals surface area (Å²) in [5.41, 5.74) is -0.0565. The van der Waals surface area contributed by atoms with E-state index in [0.29, 0.717) is 24.9 Å². The molecule has 0 aromatic rings. The van der Waals surface area contributed by atoms with Crippen LogP contribution < -0.4 is 5.32 Å². The van der Waals surface area contributed by atoms with E-state index in [1.54, 1.807) is 0 Å². The minimum absolute atomic E-state index is 0.00167. The number of hydrogen-bond donors (Lipinski definition) is 1. The van der Waals surface area contributed by atoms with Crippen LogP contribution in [-0.2, 0) is 9.53 Å². The van der Waals surface area contributed by atoms with E-state index in [9.17, 15) is 4.79 Å². The molecule has 15 heavy (non-hydrogen) atoms. The van der Waals surface area contributed by atoms with Crippen molar-refractivity contribution in [2.24, 2.45) is 11.3 Å². The van der Waals surface area contributed by atoms with Crippen LogP contribution in [0.3, 0.4) is 0 Å². The molecule has 1 fully saturated rings. The predicted molar refractivity (Wildman–Crippen MR) is 61.0 cm³/mol. The molecular weight excluding hydrogens is 214 g/mol. The molecule has 0 aliphatic carbocycles. The smallest absolute Gasteiger partial charge is 0.249 e. The molecule has 1 heterocycles. The van der Waals surface area contributed by atoms with E-state index in [2.05, 4.69) is 5.32 Å². The molecule has 2 atom stereocenters. The Balaban J connectivity index is 2.36. The molecule has 0 radical (unpaired) electrons.